The second kappa shape index (κ2) is 8.04. The zero-order valence-corrected chi connectivity index (χ0v) is 14.4. The highest BCUT2D eigenvalue weighted by Crippen LogP contribution is 2.36. The van der Waals surface area contributed by atoms with Crippen LogP contribution in [0.4, 0.5) is 4.79 Å². The maximum atomic E-state index is 12.5. The summed E-state index contributed by atoms with van der Waals surface area (Å²) in [6.07, 6.45) is 6.32. The van der Waals surface area contributed by atoms with E-state index >= 15 is 0 Å². The number of carbonyl (C=O) groups is 1. The first kappa shape index (κ1) is 17.4. The molecule has 0 bridgehead atoms. The molecule has 0 fully saturated rings. The van der Waals surface area contributed by atoms with Crippen LogP contribution < -0.4 is 0 Å². The Hall–Kier alpha value is -1.97. The predicted molar refractivity (Wildman–Crippen MR) is 90.5 cm³/mol. The monoisotopic (exact) mass is 317 g/mol. The molecule has 0 atom stereocenters. The fourth-order valence-corrected chi connectivity index (χ4v) is 2.80. The van der Waals surface area contributed by atoms with Gasteiger partial charge in [0.05, 0.1) is 0 Å². The number of nitrogens with zero attached hydrogens (tertiary/aromatic N) is 1. The second-order valence-electron chi connectivity index (χ2n) is 5.95. The van der Waals surface area contributed by atoms with Gasteiger partial charge in [0.2, 0.25) is 0 Å². The zero-order valence-electron chi connectivity index (χ0n) is 14.4. The number of rotatable bonds is 7. The minimum atomic E-state index is -0.416. The Morgan fingerprint density at radius 1 is 1.17 bits per heavy atom. The van der Waals surface area contributed by atoms with Crippen LogP contribution in [0.3, 0.4) is 0 Å². The highest BCUT2D eigenvalue weighted by molar-refractivity contribution is 5.68. The Morgan fingerprint density at radius 2 is 1.87 bits per heavy atom. The summed E-state index contributed by atoms with van der Waals surface area (Å²) < 4.78 is 5.45. The van der Waals surface area contributed by atoms with Gasteiger partial charge in [-0.05, 0) is 30.9 Å². The molecule has 126 valence electrons. The van der Waals surface area contributed by atoms with Crippen LogP contribution in [0.25, 0.3) is 0 Å². The van der Waals surface area contributed by atoms with Gasteiger partial charge in [-0.3, -0.25) is 0 Å². The van der Waals surface area contributed by atoms with Gasteiger partial charge in [0, 0.05) is 6.42 Å². The van der Waals surface area contributed by atoms with Crippen LogP contribution >= 0.6 is 0 Å². The van der Waals surface area contributed by atoms with Crippen molar-refractivity contribution in [3.8, 4) is 0 Å². The maximum Gasteiger partial charge on any atom is 0.444 e. The van der Waals surface area contributed by atoms with Gasteiger partial charge in [-0.2, -0.15) is 0 Å². The number of hydrogen-bond acceptors (Lipinski definition) is 3. The van der Waals surface area contributed by atoms with Gasteiger partial charge in [-0.15, -0.1) is 5.06 Å². The Balaban J connectivity index is 2.03. The molecule has 0 saturated heterocycles. The van der Waals surface area contributed by atoms with E-state index in [0.29, 0.717) is 0 Å². The van der Waals surface area contributed by atoms with Crippen molar-refractivity contribution in [2.75, 3.05) is 0 Å². The summed E-state index contributed by atoms with van der Waals surface area (Å²) in [6, 6.07) is 9.69. The van der Waals surface area contributed by atoms with Crippen molar-refractivity contribution >= 4 is 6.09 Å². The number of unbranched alkanes of at least 4 members (excludes halogenated alkanes) is 1. The Labute approximate surface area is 139 Å². The highest BCUT2D eigenvalue weighted by atomic mass is 16.7. The number of carbonyl (C=O) groups excluding carboxylic acids is 1. The molecule has 0 N–H and O–H groups in total. The molecule has 4 nitrogen and oxygen atoms in total. The molecule has 1 heterocycles. The van der Waals surface area contributed by atoms with Crippen molar-refractivity contribution in [3.05, 3.63) is 47.7 Å². The van der Waals surface area contributed by atoms with Crippen LogP contribution in [0.1, 0.15) is 58.4 Å². The fourth-order valence-electron chi connectivity index (χ4n) is 2.80. The van der Waals surface area contributed by atoms with E-state index in [-0.39, 0.29) is 6.61 Å². The molecule has 0 aromatic heterocycles. The van der Waals surface area contributed by atoms with Crippen LogP contribution in [0.15, 0.2) is 42.2 Å². The fraction of sp³-hybridized carbons (Fsp3) is 0.526. The van der Waals surface area contributed by atoms with Crippen LogP contribution in [-0.4, -0.2) is 16.7 Å². The van der Waals surface area contributed by atoms with Crippen LogP contribution in [0.5, 0.6) is 0 Å². The lowest BCUT2D eigenvalue weighted by atomic mass is 9.92. The maximum absolute atomic E-state index is 12.5. The second-order valence-corrected chi connectivity index (χ2v) is 5.95. The molecule has 1 aliphatic rings. The molecule has 2 rings (SSSR count). The number of hydrogen-bond donors (Lipinski definition) is 0. The molecule has 0 unspecified atom stereocenters. The smallest absolute Gasteiger partial charge is 0.442 e. The van der Waals surface area contributed by atoms with Gasteiger partial charge < -0.3 is 9.57 Å². The van der Waals surface area contributed by atoms with Gasteiger partial charge in [-0.25, -0.2) is 4.79 Å². The summed E-state index contributed by atoms with van der Waals surface area (Å²) in [5, 5.41) is 1.43. The van der Waals surface area contributed by atoms with E-state index in [1.807, 2.05) is 30.3 Å². The first-order valence-electron chi connectivity index (χ1n) is 8.55. The summed E-state index contributed by atoms with van der Waals surface area (Å²) in [4.78, 5) is 18.3. The van der Waals surface area contributed by atoms with Crippen molar-refractivity contribution < 1.29 is 14.4 Å². The van der Waals surface area contributed by atoms with E-state index in [1.54, 1.807) is 0 Å². The number of hydroxylamine groups is 2. The van der Waals surface area contributed by atoms with Crippen molar-refractivity contribution in [2.45, 2.75) is 65.0 Å². The lowest BCUT2D eigenvalue weighted by Crippen LogP contribution is -2.46. The van der Waals surface area contributed by atoms with E-state index in [9.17, 15) is 4.79 Å². The zero-order chi connectivity index (χ0) is 16.7. The molecule has 0 aliphatic carbocycles. The van der Waals surface area contributed by atoms with Crippen LogP contribution in [-0.2, 0) is 16.2 Å². The average Bonchev–Trinajstić information content (AvgIpc) is 2.98. The topological polar surface area (TPSA) is 38.8 Å². The van der Waals surface area contributed by atoms with E-state index in [1.165, 1.54) is 5.06 Å². The molecule has 1 amide bonds. The third kappa shape index (κ3) is 4.06. The Bertz CT molecular complexity index is 535. The molecule has 1 aromatic carbocycles. The van der Waals surface area contributed by atoms with E-state index in [0.717, 1.165) is 43.4 Å². The Morgan fingerprint density at radius 3 is 2.48 bits per heavy atom. The number of allylic oxidation sites excluding steroid dienone is 1. The third-order valence-electron chi connectivity index (χ3n) is 4.41. The number of benzene rings is 1. The summed E-state index contributed by atoms with van der Waals surface area (Å²) >= 11 is 0. The standard InChI is InChI=1S/C19H27NO3/c1-4-7-13-17-14-19(5-2,6-3)20(23-17)18(21)22-15-16-11-9-8-10-12-16/h8-12,14H,4-7,13,15H2,1-3H3. The SMILES string of the molecule is CCCCC1=CC(CC)(CC)N(C(=O)OCc2ccccc2)O1. The molecule has 0 spiro atoms. The highest BCUT2D eigenvalue weighted by Gasteiger charge is 2.44. The minimum absolute atomic E-state index is 0.257. The first-order chi connectivity index (χ1) is 11.1. The minimum Gasteiger partial charge on any atom is -0.442 e. The molecule has 0 radical (unpaired) electrons. The van der Waals surface area contributed by atoms with E-state index in [2.05, 4.69) is 26.8 Å². The quantitative estimate of drug-likeness (QED) is 0.693. The van der Waals surface area contributed by atoms with E-state index in [4.69, 9.17) is 9.57 Å². The molecule has 23 heavy (non-hydrogen) atoms. The lowest BCUT2D eigenvalue weighted by molar-refractivity contribution is -0.134. The molecule has 1 aliphatic heterocycles. The average molecular weight is 317 g/mol. The summed E-state index contributed by atoms with van der Waals surface area (Å²) in [6.45, 7) is 6.55. The molecule has 1 aromatic rings. The predicted octanol–water partition coefficient (Wildman–Crippen LogP) is 5.20. The molecular weight excluding hydrogens is 290 g/mol. The Kier molecular flexibility index (Phi) is 6.08. The lowest BCUT2D eigenvalue weighted by Gasteiger charge is -2.32. The normalized spacial score (nSPS) is 16.0. The number of ether oxygens (including phenoxy) is 1. The van der Waals surface area contributed by atoms with Crippen molar-refractivity contribution in [3.63, 3.8) is 0 Å². The van der Waals surface area contributed by atoms with Gasteiger partial charge in [0.15, 0.2) is 0 Å². The molecular formula is C19H27NO3. The third-order valence-corrected chi connectivity index (χ3v) is 4.41. The van der Waals surface area contributed by atoms with Crippen molar-refractivity contribution in [2.24, 2.45) is 0 Å². The molecule has 0 saturated carbocycles. The summed E-state index contributed by atoms with van der Waals surface area (Å²) in [7, 11) is 0. The van der Waals surface area contributed by atoms with E-state index < -0.39 is 11.6 Å². The van der Waals surface area contributed by atoms with Gasteiger partial charge in [0.1, 0.15) is 17.9 Å². The van der Waals surface area contributed by atoms with Crippen molar-refractivity contribution in [1.82, 2.24) is 5.06 Å². The first-order valence-corrected chi connectivity index (χ1v) is 8.55. The van der Waals surface area contributed by atoms with Gasteiger partial charge in [-0.1, -0.05) is 57.5 Å². The summed E-state index contributed by atoms with van der Waals surface area (Å²) in [5.74, 6) is 0.882. The van der Waals surface area contributed by atoms with Crippen molar-refractivity contribution in [1.29, 1.82) is 0 Å². The van der Waals surface area contributed by atoms with Crippen LogP contribution in [0, 0.1) is 0 Å². The van der Waals surface area contributed by atoms with Gasteiger partial charge in [0.25, 0.3) is 0 Å². The van der Waals surface area contributed by atoms with Crippen LogP contribution in [0.2, 0.25) is 0 Å². The number of amides is 1. The molecule has 4 heteroatoms. The largest absolute Gasteiger partial charge is 0.444 e. The summed E-state index contributed by atoms with van der Waals surface area (Å²) in [5.41, 5.74) is 0.578. The van der Waals surface area contributed by atoms with Gasteiger partial charge >= 0.3 is 6.09 Å².